The Morgan fingerprint density at radius 2 is 2.16 bits per heavy atom. The van der Waals surface area contributed by atoms with Crippen LogP contribution in [0.5, 0.6) is 5.75 Å². The first kappa shape index (κ1) is 14.3. The zero-order valence-electron chi connectivity index (χ0n) is 12.1. The van der Waals surface area contributed by atoms with E-state index in [4.69, 9.17) is 4.74 Å². The fourth-order valence-electron chi connectivity index (χ4n) is 2.72. The van der Waals surface area contributed by atoms with Gasteiger partial charge >= 0.3 is 0 Å². The van der Waals surface area contributed by atoms with E-state index in [-0.39, 0.29) is 11.9 Å². The quantitative estimate of drug-likeness (QED) is 0.910. The number of halogens is 1. The number of methoxy groups -OCH3 is 1. The Morgan fingerprint density at radius 3 is 2.79 bits per heavy atom. The normalized spacial score (nSPS) is 26.2. The molecule has 3 unspecified atom stereocenters. The van der Waals surface area contributed by atoms with Crippen molar-refractivity contribution < 1.29 is 9.13 Å². The van der Waals surface area contributed by atoms with Gasteiger partial charge in [0.1, 0.15) is 0 Å². The molecule has 1 heterocycles. The maximum atomic E-state index is 13.8. The summed E-state index contributed by atoms with van der Waals surface area (Å²) in [5, 5.41) is 3.46. The number of benzene rings is 1. The van der Waals surface area contributed by atoms with E-state index in [9.17, 15) is 4.39 Å². The van der Waals surface area contributed by atoms with Crippen LogP contribution in [0.4, 0.5) is 4.39 Å². The molecular formula is C15H23FN2O. The van der Waals surface area contributed by atoms with Crippen molar-refractivity contribution in [3.63, 3.8) is 0 Å². The van der Waals surface area contributed by atoms with Gasteiger partial charge < -0.3 is 10.1 Å². The van der Waals surface area contributed by atoms with Crippen LogP contribution in [0.1, 0.15) is 32.4 Å². The highest BCUT2D eigenvalue weighted by Gasteiger charge is 2.27. The Morgan fingerprint density at radius 1 is 1.42 bits per heavy atom. The maximum absolute atomic E-state index is 13.8. The summed E-state index contributed by atoms with van der Waals surface area (Å²) in [7, 11) is 1.49. The van der Waals surface area contributed by atoms with Gasteiger partial charge in [-0.15, -0.1) is 0 Å². The molecule has 1 N–H and O–H groups in total. The molecule has 3 atom stereocenters. The lowest BCUT2D eigenvalue weighted by molar-refractivity contribution is 0.103. The lowest BCUT2D eigenvalue weighted by atomic mass is 10.0. The molecule has 1 fully saturated rings. The molecule has 19 heavy (non-hydrogen) atoms. The van der Waals surface area contributed by atoms with E-state index in [0.717, 1.165) is 18.7 Å². The number of nitrogens with zero attached hydrogens (tertiary/aromatic N) is 1. The molecule has 0 aliphatic carbocycles. The number of hydrogen-bond donors (Lipinski definition) is 1. The monoisotopic (exact) mass is 266 g/mol. The van der Waals surface area contributed by atoms with Gasteiger partial charge in [0.2, 0.25) is 0 Å². The van der Waals surface area contributed by atoms with E-state index in [1.165, 1.54) is 7.11 Å². The summed E-state index contributed by atoms with van der Waals surface area (Å²) in [6, 6.07) is 6.38. The molecule has 1 aromatic carbocycles. The standard InChI is InChI=1S/C15H23FN2O/c1-10-9-18(11(2)8-17-10)12(3)13-5-6-15(19-4)14(16)7-13/h5-7,10-12,17H,8-9H2,1-4H3. The zero-order chi connectivity index (χ0) is 14.0. The molecule has 0 saturated carbocycles. The average Bonchev–Trinajstić information content (AvgIpc) is 2.40. The van der Waals surface area contributed by atoms with E-state index in [2.05, 4.69) is 31.0 Å². The Kier molecular flexibility index (Phi) is 4.42. The molecule has 1 aromatic rings. The number of ether oxygens (including phenoxy) is 1. The van der Waals surface area contributed by atoms with Crippen molar-refractivity contribution in [2.24, 2.45) is 0 Å². The molecule has 0 aromatic heterocycles. The molecule has 106 valence electrons. The van der Waals surface area contributed by atoms with Crippen molar-refractivity contribution in [2.75, 3.05) is 20.2 Å². The first-order valence-electron chi connectivity index (χ1n) is 6.85. The SMILES string of the molecule is COc1ccc(C(C)N2CC(C)NCC2C)cc1F. The molecule has 2 rings (SSSR count). The average molecular weight is 266 g/mol. The molecule has 3 nitrogen and oxygen atoms in total. The summed E-state index contributed by atoms with van der Waals surface area (Å²) < 4.78 is 18.8. The number of nitrogens with one attached hydrogen (secondary N) is 1. The molecule has 4 heteroatoms. The smallest absolute Gasteiger partial charge is 0.165 e. The van der Waals surface area contributed by atoms with Gasteiger partial charge in [0.05, 0.1) is 7.11 Å². The summed E-state index contributed by atoms with van der Waals surface area (Å²) >= 11 is 0. The van der Waals surface area contributed by atoms with E-state index < -0.39 is 0 Å². The van der Waals surface area contributed by atoms with Crippen molar-refractivity contribution in [1.29, 1.82) is 0 Å². The molecule has 1 saturated heterocycles. The lowest BCUT2D eigenvalue weighted by Gasteiger charge is -2.41. The van der Waals surface area contributed by atoms with Gasteiger partial charge in [-0.05, 0) is 38.5 Å². The van der Waals surface area contributed by atoms with Crippen molar-refractivity contribution in [2.45, 2.75) is 38.9 Å². The van der Waals surface area contributed by atoms with Crippen molar-refractivity contribution in [3.8, 4) is 5.75 Å². The summed E-state index contributed by atoms with van der Waals surface area (Å²) in [6.45, 7) is 8.48. The third kappa shape index (κ3) is 3.07. The summed E-state index contributed by atoms with van der Waals surface area (Å²) in [5.74, 6) is 0.0142. The van der Waals surface area contributed by atoms with Crippen LogP contribution in [-0.2, 0) is 0 Å². The van der Waals surface area contributed by atoms with Crippen LogP contribution >= 0.6 is 0 Å². The topological polar surface area (TPSA) is 24.5 Å². The van der Waals surface area contributed by atoms with Crippen LogP contribution in [0.2, 0.25) is 0 Å². The van der Waals surface area contributed by atoms with Gasteiger partial charge in [-0.2, -0.15) is 0 Å². The minimum absolute atomic E-state index is 0.208. The predicted molar refractivity (Wildman–Crippen MR) is 75.0 cm³/mol. The lowest BCUT2D eigenvalue weighted by Crippen LogP contribution is -2.54. The molecule has 1 aliphatic heterocycles. The second-order valence-electron chi connectivity index (χ2n) is 5.43. The summed E-state index contributed by atoms with van der Waals surface area (Å²) in [4.78, 5) is 2.42. The van der Waals surface area contributed by atoms with Crippen LogP contribution in [-0.4, -0.2) is 37.2 Å². The molecular weight excluding hydrogens is 243 g/mol. The van der Waals surface area contributed by atoms with Gasteiger partial charge in [0.15, 0.2) is 11.6 Å². The minimum Gasteiger partial charge on any atom is -0.494 e. The van der Waals surface area contributed by atoms with Gasteiger partial charge in [-0.3, -0.25) is 4.90 Å². The third-order valence-corrected chi connectivity index (χ3v) is 3.97. The highest BCUT2D eigenvalue weighted by Crippen LogP contribution is 2.27. The zero-order valence-corrected chi connectivity index (χ0v) is 12.1. The van der Waals surface area contributed by atoms with E-state index in [0.29, 0.717) is 17.8 Å². The van der Waals surface area contributed by atoms with Crippen LogP contribution in [0.15, 0.2) is 18.2 Å². The predicted octanol–water partition coefficient (Wildman–Crippen LogP) is 2.58. The van der Waals surface area contributed by atoms with Crippen LogP contribution in [0.3, 0.4) is 0 Å². The summed E-state index contributed by atoms with van der Waals surface area (Å²) in [6.07, 6.45) is 0. The number of rotatable bonds is 3. The van der Waals surface area contributed by atoms with Crippen LogP contribution in [0, 0.1) is 5.82 Å². The fraction of sp³-hybridized carbons (Fsp3) is 0.600. The highest BCUT2D eigenvalue weighted by molar-refractivity contribution is 5.31. The van der Waals surface area contributed by atoms with Gasteiger partial charge in [0.25, 0.3) is 0 Å². The molecule has 0 amide bonds. The first-order chi connectivity index (χ1) is 9.02. The largest absolute Gasteiger partial charge is 0.494 e. The van der Waals surface area contributed by atoms with Crippen molar-refractivity contribution in [1.82, 2.24) is 10.2 Å². The van der Waals surface area contributed by atoms with Gasteiger partial charge in [0, 0.05) is 31.2 Å². The Balaban J connectivity index is 2.18. The van der Waals surface area contributed by atoms with Crippen molar-refractivity contribution >= 4 is 0 Å². The molecule has 1 aliphatic rings. The molecule has 0 radical (unpaired) electrons. The van der Waals surface area contributed by atoms with Gasteiger partial charge in [-0.25, -0.2) is 4.39 Å². The van der Waals surface area contributed by atoms with Crippen molar-refractivity contribution in [3.05, 3.63) is 29.6 Å². The van der Waals surface area contributed by atoms with Crippen LogP contribution in [0.25, 0.3) is 0 Å². The highest BCUT2D eigenvalue weighted by atomic mass is 19.1. The van der Waals surface area contributed by atoms with Crippen LogP contribution < -0.4 is 10.1 Å². The number of hydrogen-bond acceptors (Lipinski definition) is 3. The Labute approximate surface area is 114 Å². The Hall–Kier alpha value is -1.13. The minimum atomic E-state index is -0.289. The Bertz CT molecular complexity index is 438. The van der Waals surface area contributed by atoms with Gasteiger partial charge in [-0.1, -0.05) is 6.07 Å². The van der Waals surface area contributed by atoms with E-state index >= 15 is 0 Å². The summed E-state index contributed by atoms with van der Waals surface area (Å²) in [5.41, 5.74) is 0.999. The first-order valence-corrected chi connectivity index (χ1v) is 6.85. The maximum Gasteiger partial charge on any atom is 0.165 e. The van der Waals surface area contributed by atoms with E-state index in [1.54, 1.807) is 12.1 Å². The second-order valence-corrected chi connectivity index (χ2v) is 5.43. The fourth-order valence-corrected chi connectivity index (χ4v) is 2.72. The molecule has 0 spiro atoms. The third-order valence-electron chi connectivity index (χ3n) is 3.97. The number of piperazine rings is 1. The molecule has 0 bridgehead atoms. The second kappa shape index (κ2) is 5.88. The van der Waals surface area contributed by atoms with E-state index in [1.807, 2.05) is 6.07 Å².